The lowest BCUT2D eigenvalue weighted by atomic mass is 9.94. The second kappa shape index (κ2) is 5.63. The second-order valence-corrected chi connectivity index (χ2v) is 6.82. The second-order valence-electron chi connectivity index (χ2n) is 6.82. The topological polar surface area (TPSA) is 47.8 Å². The molecule has 0 spiro atoms. The molecule has 2 aromatic carbocycles. The van der Waals surface area contributed by atoms with Crippen LogP contribution in [-0.2, 0) is 6.42 Å². The predicted octanol–water partition coefficient (Wildman–Crippen LogP) is 4.46. The fraction of sp³-hybridized carbons (Fsp3) is 0.136. The first-order chi connectivity index (χ1) is 12.7. The van der Waals surface area contributed by atoms with Gasteiger partial charge in [-0.3, -0.25) is 9.78 Å². The number of carbonyl (C=O) groups is 1. The smallest absolute Gasteiger partial charge is 0.166 e. The maximum absolute atomic E-state index is 12.9. The van der Waals surface area contributed by atoms with Gasteiger partial charge in [-0.15, -0.1) is 0 Å². The molecule has 4 aromatic rings. The minimum Gasteiger partial charge on any atom is -0.294 e. The highest BCUT2D eigenvalue weighted by molar-refractivity contribution is 6.11. The van der Waals surface area contributed by atoms with E-state index in [1.54, 1.807) is 6.20 Å². The summed E-state index contributed by atoms with van der Waals surface area (Å²) in [5.41, 5.74) is 5.39. The molecule has 1 atom stereocenters. The lowest BCUT2D eigenvalue weighted by Gasteiger charge is -2.10. The van der Waals surface area contributed by atoms with Crippen LogP contribution >= 0.6 is 0 Å². The van der Waals surface area contributed by atoms with Crippen molar-refractivity contribution in [3.05, 3.63) is 78.1 Å². The number of carbonyl (C=O) groups excluding carboxylic acids is 1. The molecular weight excluding hydrogens is 322 g/mol. The van der Waals surface area contributed by atoms with Crippen LogP contribution in [0.15, 0.2) is 67.0 Å². The number of benzene rings is 2. The van der Waals surface area contributed by atoms with Gasteiger partial charge in [-0.05, 0) is 36.2 Å². The Morgan fingerprint density at radius 2 is 1.88 bits per heavy atom. The van der Waals surface area contributed by atoms with Gasteiger partial charge in [0, 0.05) is 34.8 Å². The number of ketones is 1. The molecule has 0 amide bonds. The first kappa shape index (κ1) is 15.0. The van der Waals surface area contributed by atoms with Gasteiger partial charge in [0.1, 0.15) is 0 Å². The van der Waals surface area contributed by atoms with Gasteiger partial charge in [0.15, 0.2) is 5.78 Å². The van der Waals surface area contributed by atoms with Gasteiger partial charge in [0.25, 0.3) is 0 Å². The molecule has 0 radical (unpaired) electrons. The quantitative estimate of drug-likeness (QED) is 0.514. The third kappa shape index (κ3) is 2.19. The summed E-state index contributed by atoms with van der Waals surface area (Å²) < 4.78 is 1.90. The van der Waals surface area contributed by atoms with Crippen molar-refractivity contribution in [3.63, 3.8) is 0 Å². The normalized spacial score (nSPS) is 16.2. The molecule has 2 aromatic heterocycles. The van der Waals surface area contributed by atoms with E-state index >= 15 is 0 Å². The Morgan fingerprint density at radius 1 is 1.04 bits per heavy atom. The zero-order valence-corrected chi connectivity index (χ0v) is 14.4. The van der Waals surface area contributed by atoms with Crippen LogP contribution < -0.4 is 0 Å². The summed E-state index contributed by atoms with van der Waals surface area (Å²) >= 11 is 0. The first-order valence-corrected chi connectivity index (χ1v) is 8.78. The van der Waals surface area contributed by atoms with Crippen LogP contribution in [-0.4, -0.2) is 20.5 Å². The maximum atomic E-state index is 12.9. The molecular formula is C22H17N3O. The molecule has 0 saturated heterocycles. The van der Waals surface area contributed by atoms with Crippen molar-refractivity contribution in [1.82, 2.24) is 14.8 Å². The van der Waals surface area contributed by atoms with Crippen LogP contribution in [0.3, 0.4) is 0 Å². The lowest BCUT2D eigenvalue weighted by Crippen LogP contribution is -2.12. The van der Waals surface area contributed by atoms with E-state index in [2.05, 4.69) is 4.98 Å². The van der Waals surface area contributed by atoms with Crippen molar-refractivity contribution in [2.45, 2.75) is 13.3 Å². The molecule has 26 heavy (non-hydrogen) atoms. The van der Waals surface area contributed by atoms with Crippen LogP contribution in [0.2, 0.25) is 0 Å². The lowest BCUT2D eigenvalue weighted by molar-refractivity contribution is 0.0931. The first-order valence-electron chi connectivity index (χ1n) is 8.78. The van der Waals surface area contributed by atoms with Crippen molar-refractivity contribution in [2.24, 2.45) is 5.92 Å². The van der Waals surface area contributed by atoms with E-state index in [-0.39, 0.29) is 11.7 Å². The van der Waals surface area contributed by atoms with E-state index in [0.717, 1.165) is 39.0 Å². The average Bonchev–Trinajstić information content (AvgIpc) is 3.06. The minimum absolute atomic E-state index is 0.0791. The zero-order chi connectivity index (χ0) is 17.7. The maximum Gasteiger partial charge on any atom is 0.166 e. The number of aromatic nitrogens is 3. The third-order valence-electron chi connectivity index (χ3n) is 5.06. The molecule has 126 valence electrons. The van der Waals surface area contributed by atoms with E-state index < -0.39 is 0 Å². The van der Waals surface area contributed by atoms with Gasteiger partial charge in [0.2, 0.25) is 0 Å². The summed E-state index contributed by atoms with van der Waals surface area (Å²) in [6, 6.07) is 17.9. The van der Waals surface area contributed by atoms with Crippen LogP contribution in [0.1, 0.15) is 22.8 Å². The molecule has 5 rings (SSSR count). The summed E-state index contributed by atoms with van der Waals surface area (Å²) in [7, 11) is 0. The van der Waals surface area contributed by atoms with E-state index in [0.29, 0.717) is 6.42 Å². The zero-order valence-electron chi connectivity index (χ0n) is 14.4. The third-order valence-corrected chi connectivity index (χ3v) is 5.06. The fourth-order valence-corrected chi connectivity index (χ4v) is 3.76. The van der Waals surface area contributed by atoms with Gasteiger partial charge in [0.05, 0.1) is 16.9 Å². The SMILES string of the molecule is CC1Cc2cn(-c3ccccc3)nc2-c2c(ccc3cccnc23)C1=O. The molecule has 2 heterocycles. The number of fused-ring (bicyclic) bond motifs is 5. The molecule has 1 unspecified atom stereocenters. The standard InChI is InChI=1S/C22H17N3O/c1-14-12-16-13-25(17-7-3-2-4-8-17)24-21(16)19-18(22(14)26)10-9-15-6-5-11-23-20(15)19/h2-11,13-14H,12H2,1H3. The van der Waals surface area contributed by atoms with Gasteiger partial charge in [-0.1, -0.05) is 37.3 Å². The van der Waals surface area contributed by atoms with Crippen molar-refractivity contribution in [2.75, 3.05) is 0 Å². The number of rotatable bonds is 1. The molecule has 0 N–H and O–H groups in total. The van der Waals surface area contributed by atoms with E-state index in [9.17, 15) is 4.79 Å². The minimum atomic E-state index is -0.0791. The highest BCUT2D eigenvalue weighted by atomic mass is 16.1. The van der Waals surface area contributed by atoms with Crippen molar-refractivity contribution < 1.29 is 4.79 Å². The Balaban J connectivity index is 1.84. The Bertz CT molecular complexity index is 1140. The molecule has 0 saturated carbocycles. The van der Waals surface area contributed by atoms with Crippen LogP contribution in [0.5, 0.6) is 0 Å². The molecule has 4 nitrogen and oxygen atoms in total. The number of hydrogen-bond acceptors (Lipinski definition) is 3. The molecule has 0 bridgehead atoms. The largest absolute Gasteiger partial charge is 0.294 e. The molecule has 0 aliphatic heterocycles. The number of Topliss-reactive ketones (excluding diaryl/α,β-unsaturated/α-hetero) is 1. The fourth-order valence-electron chi connectivity index (χ4n) is 3.76. The van der Waals surface area contributed by atoms with Crippen LogP contribution in [0.25, 0.3) is 27.8 Å². The highest BCUT2D eigenvalue weighted by Gasteiger charge is 2.29. The van der Waals surface area contributed by atoms with Gasteiger partial charge < -0.3 is 0 Å². The molecule has 4 heteroatoms. The number of para-hydroxylation sites is 1. The summed E-state index contributed by atoms with van der Waals surface area (Å²) in [6.45, 7) is 1.99. The van der Waals surface area contributed by atoms with Crippen LogP contribution in [0.4, 0.5) is 0 Å². The molecule has 1 aliphatic rings. The summed E-state index contributed by atoms with van der Waals surface area (Å²) in [6.07, 6.45) is 4.50. The Hall–Kier alpha value is -3.27. The van der Waals surface area contributed by atoms with Gasteiger partial charge in [-0.2, -0.15) is 5.10 Å². The Morgan fingerprint density at radius 3 is 2.73 bits per heavy atom. The predicted molar refractivity (Wildman–Crippen MR) is 101 cm³/mol. The number of pyridine rings is 1. The summed E-state index contributed by atoms with van der Waals surface area (Å²) in [4.78, 5) is 17.5. The molecule has 0 fully saturated rings. The van der Waals surface area contributed by atoms with E-state index in [1.807, 2.05) is 72.4 Å². The van der Waals surface area contributed by atoms with E-state index in [1.165, 1.54) is 0 Å². The average molecular weight is 339 g/mol. The van der Waals surface area contributed by atoms with Crippen LogP contribution in [0, 0.1) is 5.92 Å². The van der Waals surface area contributed by atoms with Gasteiger partial charge in [-0.25, -0.2) is 4.68 Å². The van der Waals surface area contributed by atoms with E-state index in [4.69, 9.17) is 5.10 Å². The summed E-state index contributed by atoms with van der Waals surface area (Å²) in [5, 5.41) is 5.89. The monoisotopic (exact) mass is 339 g/mol. The highest BCUT2D eigenvalue weighted by Crippen LogP contribution is 2.37. The Kier molecular flexibility index (Phi) is 3.25. The number of hydrogen-bond donors (Lipinski definition) is 0. The number of nitrogens with zero attached hydrogens (tertiary/aromatic N) is 3. The molecule has 1 aliphatic carbocycles. The van der Waals surface area contributed by atoms with Gasteiger partial charge >= 0.3 is 0 Å². The van der Waals surface area contributed by atoms with Crippen molar-refractivity contribution in [1.29, 1.82) is 0 Å². The summed E-state index contributed by atoms with van der Waals surface area (Å²) in [5.74, 6) is 0.0846. The van der Waals surface area contributed by atoms with Crippen molar-refractivity contribution in [3.8, 4) is 16.9 Å². The Labute approximate surface area is 151 Å². The van der Waals surface area contributed by atoms with Crippen molar-refractivity contribution >= 4 is 16.7 Å².